The Hall–Kier alpha value is -1.60. The SMILES string of the molecule is COc1ccc(S(=O)(=O)NCC(O)Cc2ccccc2)cc1Cl. The van der Waals surface area contributed by atoms with Crippen LogP contribution in [0.25, 0.3) is 0 Å². The van der Waals surface area contributed by atoms with Gasteiger partial charge in [0.25, 0.3) is 0 Å². The van der Waals surface area contributed by atoms with Gasteiger partial charge in [-0.2, -0.15) is 0 Å². The number of hydrogen-bond acceptors (Lipinski definition) is 4. The van der Waals surface area contributed by atoms with E-state index in [0.717, 1.165) is 5.56 Å². The summed E-state index contributed by atoms with van der Waals surface area (Å²) in [4.78, 5) is 0.0233. The molecule has 0 bridgehead atoms. The molecule has 2 rings (SSSR count). The smallest absolute Gasteiger partial charge is 0.240 e. The Labute approximate surface area is 140 Å². The average molecular weight is 356 g/mol. The number of hydrogen-bond donors (Lipinski definition) is 2. The summed E-state index contributed by atoms with van der Waals surface area (Å²) in [5.74, 6) is 0.398. The van der Waals surface area contributed by atoms with E-state index in [0.29, 0.717) is 12.2 Å². The number of rotatable bonds is 7. The van der Waals surface area contributed by atoms with Crippen LogP contribution in [0.3, 0.4) is 0 Å². The molecular formula is C16H18ClNO4S. The van der Waals surface area contributed by atoms with Gasteiger partial charge in [-0.25, -0.2) is 13.1 Å². The van der Waals surface area contributed by atoms with Crippen LogP contribution < -0.4 is 9.46 Å². The third-order valence-corrected chi connectivity index (χ3v) is 4.97. The van der Waals surface area contributed by atoms with Gasteiger partial charge < -0.3 is 9.84 Å². The van der Waals surface area contributed by atoms with Crippen molar-refractivity contribution < 1.29 is 18.3 Å². The fourth-order valence-corrected chi connectivity index (χ4v) is 3.48. The molecule has 0 spiro atoms. The van der Waals surface area contributed by atoms with E-state index in [4.69, 9.17) is 16.3 Å². The summed E-state index contributed by atoms with van der Waals surface area (Å²) in [5.41, 5.74) is 0.937. The first kappa shape index (κ1) is 17.7. The van der Waals surface area contributed by atoms with Crippen molar-refractivity contribution in [2.24, 2.45) is 0 Å². The third-order valence-electron chi connectivity index (χ3n) is 3.26. The maximum absolute atomic E-state index is 12.2. The molecule has 0 heterocycles. The standard InChI is InChI=1S/C16H18ClNO4S/c1-22-16-8-7-14(10-15(16)17)23(20,21)18-11-13(19)9-12-5-3-2-4-6-12/h2-8,10,13,18-19H,9,11H2,1H3. The van der Waals surface area contributed by atoms with Gasteiger partial charge in [-0.1, -0.05) is 41.9 Å². The molecule has 0 fully saturated rings. The second-order valence-electron chi connectivity index (χ2n) is 4.99. The lowest BCUT2D eigenvalue weighted by Crippen LogP contribution is -2.33. The monoisotopic (exact) mass is 355 g/mol. The van der Waals surface area contributed by atoms with Crippen molar-refractivity contribution in [2.75, 3.05) is 13.7 Å². The van der Waals surface area contributed by atoms with Crippen molar-refractivity contribution in [1.82, 2.24) is 4.72 Å². The molecule has 2 N–H and O–H groups in total. The maximum atomic E-state index is 12.2. The molecule has 0 saturated heterocycles. The molecule has 1 unspecified atom stereocenters. The lowest BCUT2D eigenvalue weighted by molar-refractivity contribution is 0.179. The van der Waals surface area contributed by atoms with Gasteiger partial charge in [0, 0.05) is 6.54 Å². The van der Waals surface area contributed by atoms with Crippen LogP contribution in [-0.4, -0.2) is 33.3 Å². The zero-order valence-electron chi connectivity index (χ0n) is 12.6. The van der Waals surface area contributed by atoms with Crippen molar-refractivity contribution >= 4 is 21.6 Å². The molecule has 5 nitrogen and oxygen atoms in total. The van der Waals surface area contributed by atoms with E-state index < -0.39 is 16.1 Å². The quantitative estimate of drug-likeness (QED) is 0.798. The van der Waals surface area contributed by atoms with Crippen LogP contribution in [0.4, 0.5) is 0 Å². The van der Waals surface area contributed by atoms with Crippen LogP contribution in [0, 0.1) is 0 Å². The highest BCUT2D eigenvalue weighted by Gasteiger charge is 2.17. The molecule has 0 radical (unpaired) electrons. The largest absolute Gasteiger partial charge is 0.495 e. The highest BCUT2D eigenvalue weighted by atomic mass is 35.5. The topological polar surface area (TPSA) is 75.6 Å². The summed E-state index contributed by atoms with van der Waals surface area (Å²) in [6.07, 6.45) is -0.451. The molecule has 0 aromatic heterocycles. The number of sulfonamides is 1. The van der Waals surface area contributed by atoms with E-state index in [1.165, 1.54) is 25.3 Å². The van der Waals surface area contributed by atoms with Crippen LogP contribution in [0.2, 0.25) is 5.02 Å². The summed E-state index contributed by atoms with van der Waals surface area (Å²) >= 11 is 5.94. The molecule has 0 amide bonds. The summed E-state index contributed by atoms with van der Waals surface area (Å²) in [6.45, 7) is -0.0825. The fraction of sp³-hybridized carbons (Fsp3) is 0.250. The Kier molecular flexibility index (Phi) is 6.01. The van der Waals surface area contributed by atoms with Gasteiger partial charge in [0.15, 0.2) is 0 Å². The minimum Gasteiger partial charge on any atom is -0.495 e. The van der Waals surface area contributed by atoms with Crippen molar-refractivity contribution in [2.45, 2.75) is 17.4 Å². The maximum Gasteiger partial charge on any atom is 0.240 e. The van der Waals surface area contributed by atoms with Crippen molar-refractivity contribution in [3.05, 3.63) is 59.1 Å². The van der Waals surface area contributed by atoms with Gasteiger partial charge in [0.2, 0.25) is 10.0 Å². The van der Waals surface area contributed by atoms with Crippen LogP contribution in [-0.2, 0) is 16.4 Å². The summed E-state index contributed by atoms with van der Waals surface area (Å²) in [7, 11) is -2.29. The molecule has 0 aliphatic heterocycles. The predicted octanol–water partition coefficient (Wildman–Crippen LogP) is 2.23. The predicted molar refractivity (Wildman–Crippen MR) is 89.3 cm³/mol. The van der Waals surface area contributed by atoms with E-state index in [9.17, 15) is 13.5 Å². The molecule has 2 aromatic carbocycles. The number of nitrogens with one attached hydrogen (secondary N) is 1. The summed E-state index contributed by atoms with van der Waals surface area (Å²) in [5, 5.41) is 10.2. The Morgan fingerprint density at radius 2 is 1.91 bits per heavy atom. The van der Waals surface area contributed by atoms with E-state index in [-0.39, 0.29) is 16.5 Å². The number of ether oxygens (including phenoxy) is 1. The van der Waals surface area contributed by atoms with Gasteiger partial charge >= 0.3 is 0 Å². The van der Waals surface area contributed by atoms with Crippen LogP contribution in [0.1, 0.15) is 5.56 Å². The third kappa shape index (κ3) is 4.94. The van der Waals surface area contributed by atoms with Gasteiger partial charge in [-0.15, -0.1) is 0 Å². The second kappa shape index (κ2) is 7.79. The lowest BCUT2D eigenvalue weighted by atomic mass is 10.1. The van der Waals surface area contributed by atoms with E-state index in [1.54, 1.807) is 0 Å². The average Bonchev–Trinajstić information content (AvgIpc) is 2.54. The highest BCUT2D eigenvalue weighted by molar-refractivity contribution is 7.89. The summed E-state index contributed by atoms with van der Waals surface area (Å²) < 4.78 is 31.8. The minimum absolute atomic E-state index is 0.0233. The fourth-order valence-electron chi connectivity index (χ4n) is 2.06. The lowest BCUT2D eigenvalue weighted by Gasteiger charge is -2.13. The van der Waals surface area contributed by atoms with Gasteiger partial charge in [-0.3, -0.25) is 0 Å². The molecule has 23 heavy (non-hydrogen) atoms. The van der Waals surface area contributed by atoms with Crippen molar-refractivity contribution in [3.63, 3.8) is 0 Å². The highest BCUT2D eigenvalue weighted by Crippen LogP contribution is 2.26. The molecule has 0 aliphatic carbocycles. The number of aliphatic hydroxyl groups is 1. The van der Waals surface area contributed by atoms with Crippen molar-refractivity contribution in [1.29, 1.82) is 0 Å². The zero-order chi connectivity index (χ0) is 16.9. The summed E-state index contributed by atoms with van der Waals surface area (Å²) in [6, 6.07) is 13.6. The number of benzene rings is 2. The molecule has 7 heteroatoms. The Balaban J connectivity index is 1.99. The van der Waals surface area contributed by atoms with Crippen LogP contribution >= 0.6 is 11.6 Å². The number of methoxy groups -OCH3 is 1. The molecule has 0 aliphatic rings. The van der Waals surface area contributed by atoms with Crippen LogP contribution in [0.5, 0.6) is 5.75 Å². The van der Waals surface area contributed by atoms with E-state index in [2.05, 4.69) is 4.72 Å². The van der Waals surface area contributed by atoms with Gasteiger partial charge in [0.05, 0.1) is 23.1 Å². The first-order valence-corrected chi connectivity index (χ1v) is 8.83. The van der Waals surface area contributed by atoms with Gasteiger partial charge in [-0.05, 0) is 30.2 Å². The molecule has 2 aromatic rings. The van der Waals surface area contributed by atoms with E-state index >= 15 is 0 Å². The van der Waals surface area contributed by atoms with Crippen LogP contribution in [0.15, 0.2) is 53.4 Å². The Morgan fingerprint density at radius 1 is 1.22 bits per heavy atom. The zero-order valence-corrected chi connectivity index (χ0v) is 14.1. The molecule has 0 saturated carbocycles. The second-order valence-corrected chi connectivity index (χ2v) is 7.17. The molecule has 1 atom stereocenters. The van der Waals surface area contributed by atoms with Crippen molar-refractivity contribution in [3.8, 4) is 5.75 Å². The molecule has 124 valence electrons. The number of halogens is 1. The first-order chi connectivity index (χ1) is 10.9. The van der Waals surface area contributed by atoms with E-state index in [1.807, 2.05) is 30.3 Å². The molecular weight excluding hydrogens is 338 g/mol. The Morgan fingerprint density at radius 3 is 2.52 bits per heavy atom. The Bertz CT molecular complexity index is 750. The van der Waals surface area contributed by atoms with Gasteiger partial charge in [0.1, 0.15) is 5.75 Å². The first-order valence-electron chi connectivity index (χ1n) is 6.97. The number of aliphatic hydroxyl groups excluding tert-OH is 1. The normalized spacial score (nSPS) is 12.8. The minimum atomic E-state index is -3.75.